The fourth-order valence-electron chi connectivity index (χ4n) is 6.14. The lowest BCUT2D eigenvalue weighted by atomic mass is 9.98. The van der Waals surface area contributed by atoms with Crippen molar-refractivity contribution in [3.63, 3.8) is 0 Å². The van der Waals surface area contributed by atoms with Crippen LogP contribution in [-0.4, -0.2) is 78.3 Å². The number of benzene rings is 1. The number of pyridine rings is 1. The number of sulfonamides is 1. The summed E-state index contributed by atoms with van der Waals surface area (Å²) in [6.45, 7) is 4.51. The summed E-state index contributed by atoms with van der Waals surface area (Å²) in [4.78, 5) is 23.9. The van der Waals surface area contributed by atoms with Crippen LogP contribution in [-0.2, 0) is 16.4 Å². The highest BCUT2D eigenvalue weighted by molar-refractivity contribution is 7.92. The smallest absolute Gasteiger partial charge is 0.232 e. The first-order valence-electron chi connectivity index (χ1n) is 13.2. The van der Waals surface area contributed by atoms with E-state index in [9.17, 15) is 8.42 Å². The second-order valence-electron chi connectivity index (χ2n) is 10.8. The van der Waals surface area contributed by atoms with Gasteiger partial charge in [-0.15, -0.1) is 11.3 Å². The van der Waals surface area contributed by atoms with Crippen LogP contribution in [0.5, 0.6) is 0 Å². The number of hydrogen-bond acceptors (Lipinski definition) is 10. The average Bonchev–Trinajstić information content (AvgIpc) is 3.60. The molecule has 0 saturated carbocycles. The quantitative estimate of drug-likeness (QED) is 0.389. The number of piperazine rings is 1. The Bertz CT molecular complexity index is 1700. The van der Waals surface area contributed by atoms with E-state index < -0.39 is 10.0 Å². The minimum Gasteiger partial charge on any atom is -0.335 e. The van der Waals surface area contributed by atoms with E-state index in [2.05, 4.69) is 27.1 Å². The zero-order chi connectivity index (χ0) is 26.9. The van der Waals surface area contributed by atoms with Crippen LogP contribution in [0.3, 0.4) is 0 Å². The molecule has 2 fully saturated rings. The maximum absolute atomic E-state index is 12.4. The zero-order valence-electron chi connectivity index (χ0n) is 22.1. The van der Waals surface area contributed by atoms with Gasteiger partial charge in [-0.2, -0.15) is 4.98 Å². The molecular formula is C27H30N8O2S2. The van der Waals surface area contributed by atoms with Crippen molar-refractivity contribution in [2.45, 2.75) is 38.3 Å². The molecule has 2 atom stereocenters. The Morgan fingerprint density at radius 3 is 2.72 bits per heavy atom. The number of fused-ring (bicyclic) bond motifs is 4. The molecule has 7 rings (SSSR count). The monoisotopic (exact) mass is 562 g/mol. The Morgan fingerprint density at radius 1 is 1.08 bits per heavy atom. The third-order valence-electron chi connectivity index (χ3n) is 7.98. The van der Waals surface area contributed by atoms with Crippen LogP contribution < -0.4 is 14.5 Å². The molecule has 0 aliphatic carbocycles. The normalized spacial score (nSPS) is 21.1. The van der Waals surface area contributed by atoms with Gasteiger partial charge in [0.2, 0.25) is 16.0 Å². The van der Waals surface area contributed by atoms with Gasteiger partial charge in [-0.3, -0.25) is 9.21 Å². The van der Waals surface area contributed by atoms with E-state index in [0.29, 0.717) is 30.3 Å². The predicted molar refractivity (Wildman–Crippen MR) is 156 cm³/mol. The predicted octanol–water partition coefficient (Wildman–Crippen LogP) is 3.81. The number of aryl methyl sites for hydroxylation is 1. The van der Waals surface area contributed by atoms with E-state index in [4.69, 9.17) is 15.0 Å². The zero-order valence-corrected chi connectivity index (χ0v) is 23.8. The van der Waals surface area contributed by atoms with Gasteiger partial charge in [-0.1, -0.05) is 12.1 Å². The van der Waals surface area contributed by atoms with Crippen molar-refractivity contribution in [2.24, 2.45) is 0 Å². The topological polar surface area (TPSA) is 107 Å². The molecule has 4 aromatic rings. The number of nitrogens with zero attached hydrogens (tertiary/aromatic N) is 7. The molecule has 10 nitrogen and oxygen atoms in total. The first-order chi connectivity index (χ1) is 18.7. The van der Waals surface area contributed by atoms with E-state index in [-0.39, 0.29) is 0 Å². The number of rotatable bonds is 5. The standard InChI is InChI=1S/C27H30N8O2S2/c1-16-10-25(32-27(29-16)34-15-17-11-18(34)14-33(17)2)31-24-12-21-23(13-28-24)38-26(30-21)20-6-4-8-22-19(20)7-5-9-35(22)39(3,36)37/h4,6,8,10,12-13,17-18H,5,7,9,11,14-15H2,1-3H3,(H,28,29,31,32)/t17-,18-/m0/s1. The lowest BCUT2D eigenvalue weighted by Gasteiger charge is -2.32. The van der Waals surface area contributed by atoms with Gasteiger partial charge in [0, 0.05) is 61.3 Å². The summed E-state index contributed by atoms with van der Waals surface area (Å²) in [7, 11) is -1.14. The molecule has 0 radical (unpaired) electrons. The van der Waals surface area contributed by atoms with E-state index in [1.54, 1.807) is 11.3 Å². The molecule has 3 aromatic heterocycles. The minimum absolute atomic E-state index is 0.464. The Labute approximate surface area is 231 Å². The summed E-state index contributed by atoms with van der Waals surface area (Å²) in [5.74, 6) is 2.16. The number of aromatic nitrogens is 4. The van der Waals surface area contributed by atoms with Gasteiger partial charge < -0.3 is 10.2 Å². The average molecular weight is 563 g/mol. The number of likely N-dealkylation sites (tertiary alicyclic amines) is 1. The Kier molecular flexibility index (Phi) is 5.76. The maximum atomic E-state index is 12.4. The molecule has 2 bridgehead atoms. The highest BCUT2D eigenvalue weighted by Crippen LogP contribution is 2.39. The molecule has 3 aliphatic heterocycles. The molecular weight excluding hydrogens is 532 g/mol. The van der Waals surface area contributed by atoms with E-state index in [0.717, 1.165) is 76.0 Å². The Morgan fingerprint density at radius 2 is 1.95 bits per heavy atom. The van der Waals surface area contributed by atoms with Crippen LogP contribution >= 0.6 is 11.3 Å². The van der Waals surface area contributed by atoms with E-state index in [1.165, 1.54) is 10.6 Å². The lowest BCUT2D eigenvalue weighted by molar-refractivity contribution is 0.291. The van der Waals surface area contributed by atoms with E-state index >= 15 is 0 Å². The third kappa shape index (κ3) is 4.40. The summed E-state index contributed by atoms with van der Waals surface area (Å²) in [6, 6.07) is 10.7. The molecule has 12 heteroatoms. The van der Waals surface area contributed by atoms with Gasteiger partial charge in [-0.25, -0.2) is 23.4 Å². The molecule has 1 N–H and O–H groups in total. The van der Waals surface area contributed by atoms with Crippen molar-refractivity contribution in [1.29, 1.82) is 0 Å². The van der Waals surface area contributed by atoms with Gasteiger partial charge >= 0.3 is 0 Å². The van der Waals surface area contributed by atoms with Gasteiger partial charge in [0.05, 0.1) is 22.2 Å². The van der Waals surface area contributed by atoms with Crippen LogP contribution in [0.4, 0.5) is 23.3 Å². The number of thiazole rings is 1. The number of likely N-dealkylation sites (N-methyl/N-ethyl adjacent to an activating group) is 1. The van der Waals surface area contributed by atoms with Gasteiger partial charge in [0.15, 0.2) is 0 Å². The molecule has 39 heavy (non-hydrogen) atoms. The van der Waals surface area contributed by atoms with Crippen molar-refractivity contribution in [2.75, 3.05) is 47.5 Å². The van der Waals surface area contributed by atoms with Gasteiger partial charge in [0.25, 0.3) is 0 Å². The Balaban J connectivity index is 1.18. The minimum atomic E-state index is -3.33. The van der Waals surface area contributed by atoms with Crippen LogP contribution in [0.25, 0.3) is 20.8 Å². The fourth-order valence-corrected chi connectivity index (χ4v) is 8.10. The van der Waals surface area contributed by atoms with Gasteiger partial charge in [0.1, 0.15) is 16.6 Å². The first-order valence-corrected chi connectivity index (χ1v) is 15.9. The highest BCUT2D eigenvalue weighted by Gasteiger charge is 2.42. The third-order valence-corrected chi connectivity index (χ3v) is 10.2. The van der Waals surface area contributed by atoms with Crippen LogP contribution in [0.1, 0.15) is 24.1 Å². The second-order valence-corrected chi connectivity index (χ2v) is 13.7. The van der Waals surface area contributed by atoms with Crippen molar-refractivity contribution in [1.82, 2.24) is 24.8 Å². The molecule has 202 valence electrons. The van der Waals surface area contributed by atoms with Gasteiger partial charge in [-0.05, 0) is 44.9 Å². The summed E-state index contributed by atoms with van der Waals surface area (Å²) >= 11 is 1.57. The molecule has 6 heterocycles. The highest BCUT2D eigenvalue weighted by atomic mass is 32.2. The summed E-state index contributed by atoms with van der Waals surface area (Å²) in [5, 5.41) is 4.23. The molecule has 0 amide bonds. The molecule has 2 saturated heterocycles. The van der Waals surface area contributed by atoms with Crippen LogP contribution in [0, 0.1) is 6.92 Å². The van der Waals surface area contributed by atoms with Crippen molar-refractivity contribution in [3.05, 3.63) is 47.8 Å². The fraction of sp³-hybridized carbons (Fsp3) is 0.407. The second kappa shape index (κ2) is 9.10. The number of anilines is 4. The number of hydrogen-bond donors (Lipinski definition) is 1. The molecule has 3 aliphatic rings. The van der Waals surface area contributed by atoms with E-state index in [1.807, 2.05) is 43.5 Å². The summed E-state index contributed by atoms with van der Waals surface area (Å²) < 4.78 is 27.2. The van der Waals surface area contributed by atoms with Crippen molar-refractivity contribution in [3.8, 4) is 10.6 Å². The van der Waals surface area contributed by atoms with Crippen LogP contribution in [0.15, 0.2) is 36.5 Å². The molecule has 0 unspecified atom stereocenters. The molecule has 1 aromatic carbocycles. The number of nitrogens with one attached hydrogen (secondary N) is 1. The molecule has 0 spiro atoms. The lowest BCUT2D eigenvalue weighted by Crippen LogP contribution is -2.45. The van der Waals surface area contributed by atoms with Crippen molar-refractivity contribution >= 4 is 54.8 Å². The Hall–Kier alpha value is -3.35. The summed E-state index contributed by atoms with van der Waals surface area (Å²) in [5.41, 5.74) is 4.52. The summed E-state index contributed by atoms with van der Waals surface area (Å²) in [6.07, 6.45) is 5.87. The largest absolute Gasteiger partial charge is 0.335 e. The van der Waals surface area contributed by atoms with Crippen LogP contribution in [0.2, 0.25) is 0 Å². The first kappa shape index (κ1) is 24.7. The van der Waals surface area contributed by atoms with Crippen molar-refractivity contribution < 1.29 is 8.42 Å². The SMILES string of the molecule is Cc1cc(Nc2cc3nc(-c4cccc5c4CCCN5S(C)(=O)=O)sc3cn2)nc(N2C[C@@H]3C[C@H]2CN3C)n1. The maximum Gasteiger partial charge on any atom is 0.232 e.